The number of aromatic nitrogens is 1. The quantitative estimate of drug-likeness (QED) is 0.788. The highest BCUT2D eigenvalue weighted by Crippen LogP contribution is 2.27. The Morgan fingerprint density at radius 3 is 2.77 bits per heavy atom. The molecule has 0 bridgehead atoms. The van der Waals surface area contributed by atoms with E-state index in [1.807, 2.05) is 6.07 Å². The van der Waals surface area contributed by atoms with Gasteiger partial charge in [0.05, 0.1) is 10.6 Å². The van der Waals surface area contributed by atoms with Gasteiger partial charge in [0, 0.05) is 28.2 Å². The highest BCUT2D eigenvalue weighted by Gasteiger charge is 2.18. The van der Waals surface area contributed by atoms with Crippen molar-refractivity contribution in [3.8, 4) is 0 Å². The van der Waals surface area contributed by atoms with Crippen LogP contribution < -0.4 is 4.72 Å². The average Bonchev–Trinajstić information content (AvgIpc) is 2.50. The van der Waals surface area contributed by atoms with Crippen molar-refractivity contribution in [2.24, 2.45) is 0 Å². The van der Waals surface area contributed by atoms with E-state index in [9.17, 15) is 8.42 Å². The van der Waals surface area contributed by atoms with Crippen LogP contribution in [0, 0.1) is 6.92 Å². The summed E-state index contributed by atoms with van der Waals surface area (Å²) in [4.78, 5) is 4.21. The Labute approximate surface area is 133 Å². The van der Waals surface area contributed by atoms with Crippen LogP contribution in [0.1, 0.15) is 5.56 Å². The summed E-state index contributed by atoms with van der Waals surface area (Å²) in [6, 6.07) is 12.0. The molecule has 0 atom stereocenters. The topological polar surface area (TPSA) is 59.1 Å². The van der Waals surface area contributed by atoms with E-state index < -0.39 is 10.0 Å². The summed E-state index contributed by atoms with van der Waals surface area (Å²) in [6.07, 6.45) is 3.32. The molecule has 0 radical (unpaired) electrons. The molecule has 2 aromatic carbocycles. The molecule has 112 valence electrons. The number of hydrogen-bond donors (Lipinski definition) is 1. The van der Waals surface area contributed by atoms with Crippen molar-refractivity contribution >= 4 is 38.1 Å². The molecule has 22 heavy (non-hydrogen) atoms. The largest absolute Gasteiger partial charge is 0.279 e. The monoisotopic (exact) mass is 332 g/mol. The Hall–Kier alpha value is -2.11. The summed E-state index contributed by atoms with van der Waals surface area (Å²) in [7, 11) is -3.71. The molecule has 4 nitrogen and oxygen atoms in total. The van der Waals surface area contributed by atoms with E-state index in [-0.39, 0.29) is 4.90 Å². The molecule has 0 aliphatic heterocycles. The summed E-state index contributed by atoms with van der Waals surface area (Å²) in [5, 5.41) is 2.04. The number of benzene rings is 2. The maximum Gasteiger partial charge on any atom is 0.262 e. The van der Waals surface area contributed by atoms with Crippen LogP contribution in [-0.4, -0.2) is 13.4 Å². The molecule has 0 saturated carbocycles. The lowest BCUT2D eigenvalue weighted by molar-refractivity contribution is 0.600. The number of rotatable bonds is 3. The SMILES string of the molecule is Cc1ccc(Cl)cc1S(=O)(=O)Nc1cccc2cnccc12. The van der Waals surface area contributed by atoms with E-state index in [1.54, 1.807) is 49.6 Å². The molecule has 0 saturated heterocycles. The van der Waals surface area contributed by atoms with E-state index in [0.29, 0.717) is 16.3 Å². The fourth-order valence-electron chi connectivity index (χ4n) is 2.27. The summed E-state index contributed by atoms with van der Waals surface area (Å²) in [6.45, 7) is 1.73. The predicted octanol–water partition coefficient (Wildman–Crippen LogP) is 4.00. The van der Waals surface area contributed by atoms with Crippen molar-refractivity contribution < 1.29 is 8.42 Å². The molecule has 6 heteroatoms. The lowest BCUT2D eigenvalue weighted by Crippen LogP contribution is -2.14. The highest BCUT2D eigenvalue weighted by atomic mass is 35.5. The van der Waals surface area contributed by atoms with Crippen molar-refractivity contribution in [1.29, 1.82) is 0 Å². The van der Waals surface area contributed by atoms with Crippen LogP contribution in [0.2, 0.25) is 5.02 Å². The zero-order valence-electron chi connectivity index (χ0n) is 11.7. The van der Waals surface area contributed by atoms with Crippen LogP contribution in [0.3, 0.4) is 0 Å². The van der Waals surface area contributed by atoms with Gasteiger partial charge < -0.3 is 0 Å². The van der Waals surface area contributed by atoms with Gasteiger partial charge in [-0.15, -0.1) is 0 Å². The van der Waals surface area contributed by atoms with Crippen LogP contribution >= 0.6 is 11.6 Å². The van der Waals surface area contributed by atoms with E-state index in [0.717, 1.165) is 10.8 Å². The van der Waals surface area contributed by atoms with Gasteiger partial charge in [-0.1, -0.05) is 29.8 Å². The fourth-order valence-corrected chi connectivity index (χ4v) is 3.86. The Morgan fingerprint density at radius 1 is 1.14 bits per heavy atom. The molecule has 0 amide bonds. The third-order valence-corrected chi connectivity index (χ3v) is 5.11. The molecule has 3 rings (SSSR count). The number of anilines is 1. The summed E-state index contributed by atoms with van der Waals surface area (Å²) in [5.74, 6) is 0. The minimum atomic E-state index is -3.71. The number of sulfonamides is 1. The molecule has 1 aromatic heterocycles. The maximum absolute atomic E-state index is 12.6. The second-order valence-corrected chi connectivity index (χ2v) is 7.00. The first-order valence-corrected chi connectivity index (χ1v) is 8.45. The first-order valence-electron chi connectivity index (χ1n) is 6.59. The van der Waals surface area contributed by atoms with Gasteiger partial charge in [0.2, 0.25) is 0 Å². The average molecular weight is 333 g/mol. The standard InChI is InChI=1S/C16H13ClN2O2S/c1-11-5-6-13(17)9-16(11)22(20,21)19-15-4-2-3-12-10-18-8-7-14(12)15/h2-10,19H,1H3. The van der Waals surface area contributed by atoms with E-state index in [1.165, 1.54) is 6.07 Å². The zero-order valence-corrected chi connectivity index (χ0v) is 13.3. The number of aryl methyl sites for hydroxylation is 1. The highest BCUT2D eigenvalue weighted by molar-refractivity contribution is 7.92. The number of fused-ring (bicyclic) bond motifs is 1. The third-order valence-electron chi connectivity index (χ3n) is 3.36. The van der Waals surface area contributed by atoms with Gasteiger partial charge in [-0.2, -0.15) is 0 Å². The second kappa shape index (κ2) is 5.59. The normalized spacial score (nSPS) is 11.5. The van der Waals surface area contributed by atoms with Gasteiger partial charge in [0.15, 0.2) is 0 Å². The van der Waals surface area contributed by atoms with Crippen molar-refractivity contribution in [3.63, 3.8) is 0 Å². The molecule has 0 aliphatic rings. The maximum atomic E-state index is 12.6. The number of halogens is 1. The molecular formula is C16H13ClN2O2S. The van der Waals surface area contributed by atoms with Crippen LogP contribution in [0.4, 0.5) is 5.69 Å². The first-order chi connectivity index (χ1) is 10.5. The van der Waals surface area contributed by atoms with E-state index in [4.69, 9.17) is 11.6 Å². The van der Waals surface area contributed by atoms with Gasteiger partial charge in [-0.25, -0.2) is 8.42 Å². The van der Waals surface area contributed by atoms with E-state index >= 15 is 0 Å². The Bertz CT molecular complexity index is 950. The van der Waals surface area contributed by atoms with Crippen LogP contribution in [-0.2, 0) is 10.0 Å². The molecule has 1 heterocycles. The lowest BCUT2D eigenvalue weighted by Gasteiger charge is -2.12. The molecule has 0 unspecified atom stereocenters. The van der Waals surface area contributed by atoms with E-state index in [2.05, 4.69) is 9.71 Å². The minimum absolute atomic E-state index is 0.172. The third kappa shape index (κ3) is 2.77. The fraction of sp³-hybridized carbons (Fsp3) is 0.0625. The molecular weight excluding hydrogens is 320 g/mol. The van der Waals surface area contributed by atoms with Gasteiger partial charge in [-0.3, -0.25) is 9.71 Å². The molecule has 0 fully saturated rings. The van der Waals surface area contributed by atoms with Crippen molar-refractivity contribution in [2.45, 2.75) is 11.8 Å². The number of nitrogens with zero attached hydrogens (tertiary/aromatic N) is 1. The smallest absolute Gasteiger partial charge is 0.262 e. The van der Waals surface area contributed by atoms with Crippen molar-refractivity contribution in [3.05, 3.63) is 65.4 Å². The Morgan fingerprint density at radius 2 is 1.95 bits per heavy atom. The van der Waals surface area contributed by atoms with Gasteiger partial charge in [-0.05, 0) is 36.8 Å². The van der Waals surface area contributed by atoms with Gasteiger partial charge in [0.25, 0.3) is 10.0 Å². The summed E-state index contributed by atoms with van der Waals surface area (Å²) >= 11 is 5.92. The molecule has 1 N–H and O–H groups in total. The number of hydrogen-bond acceptors (Lipinski definition) is 3. The Kier molecular flexibility index (Phi) is 3.76. The van der Waals surface area contributed by atoms with Gasteiger partial charge >= 0.3 is 0 Å². The molecule has 3 aromatic rings. The lowest BCUT2D eigenvalue weighted by atomic mass is 10.1. The molecule has 0 aliphatic carbocycles. The van der Waals surface area contributed by atoms with Crippen LogP contribution in [0.25, 0.3) is 10.8 Å². The van der Waals surface area contributed by atoms with Crippen molar-refractivity contribution in [1.82, 2.24) is 4.98 Å². The van der Waals surface area contributed by atoms with Crippen LogP contribution in [0.5, 0.6) is 0 Å². The summed E-state index contributed by atoms with van der Waals surface area (Å²) in [5.41, 5.74) is 1.15. The second-order valence-electron chi connectivity index (χ2n) is 4.92. The zero-order chi connectivity index (χ0) is 15.7. The summed E-state index contributed by atoms with van der Waals surface area (Å²) < 4.78 is 27.9. The van der Waals surface area contributed by atoms with Crippen LogP contribution in [0.15, 0.2) is 59.8 Å². The predicted molar refractivity (Wildman–Crippen MR) is 88.7 cm³/mol. The van der Waals surface area contributed by atoms with Gasteiger partial charge in [0.1, 0.15) is 0 Å². The number of nitrogens with one attached hydrogen (secondary N) is 1. The minimum Gasteiger partial charge on any atom is -0.279 e. The van der Waals surface area contributed by atoms with Crippen molar-refractivity contribution in [2.75, 3.05) is 4.72 Å². The molecule has 0 spiro atoms. The Balaban J connectivity index is 2.09. The first kappa shape index (κ1) is 14.8. The number of pyridine rings is 1.